The van der Waals surface area contributed by atoms with E-state index in [0.717, 1.165) is 57.4 Å². The van der Waals surface area contributed by atoms with Gasteiger partial charge in [0, 0.05) is 37.6 Å². The van der Waals surface area contributed by atoms with Gasteiger partial charge in [-0.3, -0.25) is 4.90 Å². The van der Waals surface area contributed by atoms with Crippen molar-refractivity contribution in [2.45, 2.75) is 11.8 Å². The number of nitrogens with zero attached hydrogens (tertiary/aromatic N) is 2. The summed E-state index contributed by atoms with van der Waals surface area (Å²) < 4.78 is 18.4. The fraction of sp³-hybridized carbons (Fsp3) is 0.625. The molecule has 1 aliphatic heterocycles. The number of hydrogen-bond acceptors (Lipinski definition) is 6. The van der Waals surface area contributed by atoms with Crippen LogP contribution < -0.4 is 9.47 Å². The lowest BCUT2D eigenvalue weighted by Gasteiger charge is -2.29. The molecular formula is C16H26N2O3S. The third-order valence-electron chi connectivity index (χ3n) is 3.71. The van der Waals surface area contributed by atoms with Crippen LogP contribution in [0.4, 0.5) is 0 Å². The number of hydrogen-bond donors (Lipinski definition) is 0. The number of ether oxygens (including phenoxy) is 3. The van der Waals surface area contributed by atoms with Crippen molar-refractivity contribution in [3.63, 3.8) is 0 Å². The van der Waals surface area contributed by atoms with Crippen LogP contribution >= 0.6 is 11.9 Å². The summed E-state index contributed by atoms with van der Waals surface area (Å²) in [4.78, 5) is 3.63. The number of morpholine rings is 1. The molecule has 1 aromatic carbocycles. The summed E-state index contributed by atoms with van der Waals surface area (Å²) in [5.74, 6) is 1.54. The van der Waals surface area contributed by atoms with Crippen LogP contribution in [0.25, 0.3) is 0 Å². The quantitative estimate of drug-likeness (QED) is 0.682. The van der Waals surface area contributed by atoms with Gasteiger partial charge in [0.05, 0.1) is 27.4 Å². The topological polar surface area (TPSA) is 34.2 Å². The van der Waals surface area contributed by atoms with Gasteiger partial charge in [0.2, 0.25) is 0 Å². The normalized spacial score (nSPS) is 16.0. The highest BCUT2D eigenvalue weighted by molar-refractivity contribution is 7.97. The van der Waals surface area contributed by atoms with Crippen LogP contribution in [0.3, 0.4) is 0 Å². The molecule has 0 N–H and O–H groups in total. The largest absolute Gasteiger partial charge is 0.493 e. The first-order valence-corrected chi connectivity index (χ1v) is 8.49. The molecule has 0 aromatic heterocycles. The number of likely N-dealkylation sites (N-methyl/N-ethyl adjacent to an activating group) is 1. The predicted octanol–water partition coefficient (Wildman–Crippen LogP) is 2.37. The zero-order chi connectivity index (χ0) is 15.8. The summed E-state index contributed by atoms with van der Waals surface area (Å²) >= 11 is 1.77. The van der Waals surface area contributed by atoms with Gasteiger partial charge in [-0.2, -0.15) is 0 Å². The lowest BCUT2D eigenvalue weighted by Crippen LogP contribution is -2.40. The highest BCUT2D eigenvalue weighted by Crippen LogP contribution is 2.33. The Bertz CT molecular complexity index is 453. The fourth-order valence-corrected chi connectivity index (χ4v) is 3.26. The van der Waals surface area contributed by atoms with Crippen LogP contribution in [0.5, 0.6) is 11.5 Å². The highest BCUT2D eigenvalue weighted by atomic mass is 32.2. The van der Waals surface area contributed by atoms with Crippen LogP contribution in [-0.2, 0) is 4.74 Å². The Hall–Kier alpha value is -0.950. The maximum Gasteiger partial charge on any atom is 0.161 e. The van der Waals surface area contributed by atoms with Crippen molar-refractivity contribution in [3.05, 3.63) is 18.2 Å². The molecule has 1 aromatic rings. The van der Waals surface area contributed by atoms with Gasteiger partial charge in [-0.15, -0.1) is 0 Å². The molecule has 0 saturated carbocycles. The molecule has 1 saturated heterocycles. The molecule has 22 heavy (non-hydrogen) atoms. The summed E-state index contributed by atoms with van der Waals surface area (Å²) in [6.45, 7) is 9.10. The van der Waals surface area contributed by atoms with E-state index in [4.69, 9.17) is 14.2 Å². The first-order chi connectivity index (χ1) is 10.8. The van der Waals surface area contributed by atoms with Crippen LogP contribution in [0.15, 0.2) is 23.1 Å². The average Bonchev–Trinajstić information content (AvgIpc) is 2.59. The molecule has 1 heterocycles. The van der Waals surface area contributed by atoms with Crippen LogP contribution in [0.1, 0.15) is 6.92 Å². The second-order valence-corrected chi connectivity index (χ2v) is 6.25. The van der Waals surface area contributed by atoms with E-state index in [0.29, 0.717) is 0 Å². The van der Waals surface area contributed by atoms with Crippen LogP contribution in [0.2, 0.25) is 0 Å². The second-order valence-electron chi connectivity index (χ2n) is 5.08. The lowest BCUT2D eigenvalue weighted by atomic mass is 10.3. The first kappa shape index (κ1) is 17.4. The molecule has 0 aliphatic carbocycles. The third kappa shape index (κ3) is 5.05. The van der Waals surface area contributed by atoms with Crippen molar-refractivity contribution in [2.75, 3.05) is 60.2 Å². The van der Waals surface area contributed by atoms with Crippen LogP contribution in [0, 0.1) is 0 Å². The van der Waals surface area contributed by atoms with E-state index in [-0.39, 0.29) is 0 Å². The Balaban J connectivity index is 1.88. The molecule has 5 nitrogen and oxygen atoms in total. The maximum absolute atomic E-state index is 5.39. The van der Waals surface area contributed by atoms with Crippen molar-refractivity contribution in [1.82, 2.24) is 9.21 Å². The van der Waals surface area contributed by atoms with Crippen molar-refractivity contribution in [3.8, 4) is 11.5 Å². The van der Waals surface area contributed by atoms with Gasteiger partial charge in [-0.25, -0.2) is 4.31 Å². The van der Waals surface area contributed by atoms with Crippen molar-refractivity contribution < 1.29 is 14.2 Å². The molecule has 0 unspecified atom stereocenters. The van der Waals surface area contributed by atoms with Crippen LogP contribution in [-0.4, -0.2) is 69.4 Å². The molecule has 1 fully saturated rings. The van der Waals surface area contributed by atoms with Gasteiger partial charge in [0.15, 0.2) is 11.5 Å². The number of benzene rings is 1. The second kappa shape index (κ2) is 9.25. The van der Waals surface area contributed by atoms with Gasteiger partial charge in [-0.05, 0) is 30.1 Å². The minimum absolute atomic E-state index is 0.767. The van der Waals surface area contributed by atoms with Crippen molar-refractivity contribution in [1.29, 1.82) is 0 Å². The van der Waals surface area contributed by atoms with E-state index in [2.05, 4.69) is 22.2 Å². The molecule has 0 radical (unpaired) electrons. The Morgan fingerprint density at radius 1 is 1.18 bits per heavy atom. The maximum atomic E-state index is 5.39. The zero-order valence-electron chi connectivity index (χ0n) is 13.7. The molecule has 6 heteroatoms. The van der Waals surface area contributed by atoms with Crippen molar-refractivity contribution >= 4 is 11.9 Å². The van der Waals surface area contributed by atoms with Gasteiger partial charge >= 0.3 is 0 Å². The van der Waals surface area contributed by atoms with E-state index < -0.39 is 0 Å². The SMILES string of the molecule is CCN(CCN1CCOCC1)Sc1ccc(OC)c(OC)c1. The predicted molar refractivity (Wildman–Crippen MR) is 89.9 cm³/mol. The van der Waals surface area contributed by atoms with Crippen molar-refractivity contribution in [2.24, 2.45) is 0 Å². The summed E-state index contributed by atoms with van der Waals surface area (Å²) in [5, 5.41) is 0. The zero-order valence-corrected chi connectivity index (χ0v) is 14.5. The molecule has 2 rings (SSSR count). The summed E-state index contributed by atoms with van der Waals surface area (Å²) in [6, 6.07) is 6.06. The van der Waals surface area contributed by atoms with E-state index >= 15 is 0 Å². The third-order valence-corrected chi connectivity index (χ3v) is 4.88. The van der Waals surface area contributed by atoms with E-state index in [1.807, 2.05) is 12.1 Å². The van der Waals surface area contributed by atoms with Gasteiger partial charge in [0.25, 0.3) is 0 Å². The van der Waals surface area contributed by atoms with E-state index in [9.17, 15) is 0 Å². The smallest absolute Gasteiger partial charge is 0.161 e. The molecule has 124 valence electrons. The van der Waals surface area contributed by atoms with E-state index in [1.165, 1.54) is 4.90 Å². The Morgan fingerprint density at radius 3 is 2.55 bits per heavy atom. The molecule has 0 spiro atoms. The minimum Gasteiger partial charge on any atom is -0.493 e. The Morgan fingerprint density at radius 2 is 1.91 bits per heavy atom. The molecular weight excluding hydrogens is 300 g/mol. The summed E-state index contributed by atoms with van der Waals surface area (Å²) in [7, 11) is 3.33. The first-order valence-electron chi connectivity index (χ1n) is 7.72. The summed E-state index contributed by atoms with van der Waals surface area (Å²) in [6.07, 6.45) is 0. The standard InChI is InChI=1S/C16H26N2O3S/c1-4-18(8-7-17-9-11-21-12-10-17)22-14-5-6-15(19-2)16(13-14)20-3/h5-6,13H,4,7-12H2,1-3H3. The number of rotatable bonds is 8. The number of methoxy groups -OCH3 is 2. The molecule has 1 aliphatic rings. The lowest BCUT2D eigenvalue weighted by molar-refractivity contribution is 0.0366. The molecule has 0 atom stereocenters. The van der Waals surface area contributed by atoms with E-state index in [1.54, 1.807) is 26.2 Å². The summed E-state index contributed by atoms with van der Waals surface area (Å²) in [5.41, 5.74) is 0. The van der Waals surface area contributed by atoms with Gasteiger partial charge < -0.3 is 14.2 Å². The minimum atomic E-state index is 0.767. The average molecular weight is 326 g/mol. The van der Waals surface area contributed by atoms with Gasteiger partial charge in [-0.1, -0.05) is 6.92 Å². The molecule has 0 bridgehead atoms. The Labute approximate surface area is 137 Å². The monoisotopic (exact) mass is 326 g/mol. The fourth-order valence-electron chi connectivity index (χ4n) is 2.37. The Kier molecular flexibility index (Phi) is 7.32. The highest BCUT2D eigenvalue weighted by Gasteiger charge is 2.13. The molecule has 0 amide bonds. The van der Waals surface area contributed by atoms with Gasteiger partial charge in [0.1, 0.15) is 0 Å².